The van der Waals surface area contributed by atoms with Crippen LogP contribution in [-0.2, 0) is 27.8 Å². The fourth-order valence-corrected chi connectivity index (χ4v) is 4.15. The lowest BCUT2D eigenvalue weighted by molar-refractivity contribution is -0.116. The summed E-state index contributed by atoms with van der Waals surface area (Å²) in [5, 5.41) is 2.86. The van der Waals surface area contributed by atoms with Gasteiger partial charge in [-0.1, -0.05) is 6.07 Å². The van der Waals surface area contributed by atoms with E-state index in [9.17, 15) is 13.2 Å². The predicted octanol–water partition coefficient (Wildman–Crippen LogP) is 2.89. The summed E-state index contributed by atoms with van der Waals surface area (Å²) in [5.74, 6) is 1.28. The Labute approximate surface area is 176 Å². The van der Waals surface area contributed by atoms with Gasteiger partial charge >= 0.3 is 0 Å². The zero-order valence-corrected chi connectivity index (χ0v) is 18.4. The van der Waals surface area contributed by atoms with Gasteiger partial charge in [0.25, 0.3) is 0 Å². The Balaban J connectivity index is 1.79. The highest BCUT2D eigenvalue weighted by atomic mass is 32.2. The standard InChI is InChI=1S/C21H26N4O4S/c1-5-25-19-10-9-17(30(27,28)24(2)3)14-18(19)23-20(25)11-12-21(26)22-15-7-6-8-16(13-15)29-4/h6-10,13-14H,5,11-12H2,1-4H3,(H,22,26). The number of benzene rings is 2. The Bertz CT molecular complexity index is 1170. The quantitative estimate of drug-likeness (QED) is 0.593. The maximum absolute atomic E-state index is 12.4. The number of ether oxygens (including phenoxy) is 1. The number of aromatic nitrogens is 2. The van der Waals surface area contributed by atoms with E-state index < -0.39 is 10.0 Å². The third-order valence-corrected chi connectivity index (χ3v) is 6.63. The first-order valence-electron chi connectivity index (χ1n) is 9.62. The highest BCUT2D eigenvalue weighted by Gasteiger charge is 2.19. The monoisotopic (exact) mass is 430 g/mol. The molecule has 0 spiro atoms. The van der Waals surface area contributed by atoms with Crippen LogP contribution < -0.4 is 10.1 Å². The Morgan fingerprint density at radius 2 is 1.97 bits per heavy atom. The average Bonchev–Trinajstić information content (AvgIpc) is 3.08. The fraction of sp³-hybridized carbons (Fsp3) is 0.333. The van der Waals surface area contributed by atoms with Gasteiger partial charge in [-0.05, 0) is 37.3 Å². The van der Waals surface area contributed by atoms with Crippen molar-refractivity contribution < 1.29 is 17.9 Å². The minimum absolute atomic E-state index is 0.131. The van der Waals surface area contributed by atoms with Crippen LogP contribution in [0.3, 0.4) is 0 Å². The summed E-state index contributed by atoms with van der Waals surface area (Å²) in [7, 11) is 1.03. The SMILES string of the molecule is CCn1c(CCC(=O)Nc2cccc(OC)c2)nc2cc(S(=O)(=O)N(C)C)ccc21. The molecule has 3 rings (SSSR count). The molecule has 0 unspecified atom stereocenters. The maximum Gasteiger partial charge on any atom is 0.242 e. The first-order chi connectivity index (χ1) is 14.3. The van der Waals surface area contributed by atoms with Crippen molar-refractivity contribution in [2.24, 2.45) is 0 Å². The number of carbonyl (C=O) groups is 1. The molecule has 0 saturated heterocycles. The smallest absolute Gasteiger partial charge is 0.242 e. The van der Waals surface area contributed by atoms with E-state index >= 15 is 0 Å². The maximum atomic E-state index is 12.4. The summed E-state index contributed by atoms with van der Waals surface area (Å²) in [6, 6.07) is 12.1. The van der Waals surface area contributed by atoms with Crippen molar-refractivity contribution in [2.45, 2.75) is 31.2 Å². The lowest BCUT2D eigenvalue weighted by atomic mass is 10.2. The Kier molecular flexibility index (Phi) is 6.42. The molecule has 1 amide bonds. The predicted molar refractivity (Wildman–Crippen MR) is 116 cm³/mol. The first-order valence-corrected chi connectivity index (χ1v) is 11.1. The second kappa shape index (κ2) is 8.85. The van der Waals surface area contributed by atoms with E-state index in [0.29, 0.717) is 29.9 Å². The van der Waals surface area contributed by atoms with Crippen LogP contribution in [0.1, 0.15) is 19.2 Å². The number of aryl methyl sites for hydroxylation is 2. The molecule has 0 aliphatic carbocycles. The van der Waals surface area contributed by atoms with E-state index in [0.717, 1.165) is 11.3 Å². The van der Waals surface area contributed by atoms with Crippen LogP contribution in [0, 0.1) is 0 Å². The Morgan fingerprint density at radius 1 is 1.20 bits per heavy atom. The van der Waals surface area contributed by atoms with Crippen molar-refractivity contribution in [3.63, 3.8) is 0 Å². The van der Waals surface area contributed by atoms with E-state index in [2.05, 4.69) is 10.3 Å². The summed E-state index contributed by atoms with van der Waals surface area (Å²) >= 11 is 0. The van der Waals surface area contributed by atoms with E-state index in [1.165, 1.54) is 18.4 Å². The molecule has 0 bridgehead atoms. The molecule has 3 aromatic rings. The number of methoxy groups -OCH3 is 1. The van der Waals surface area contributed by atoms with Gasteiger partial charge in [0.05, 0.1) is 23.0 Å². The summed E-state index contributed by atoms with van der Waals surface area (Å²) in [6.07, 6.45) is 0.692. The van der Waals surface area contributed by atoms with Crippen molar-refractivity contribution in [3.05, 3.63) is 48.3 Å². The zero-order chi connectivity index (χ0) is 21.9. The van der Waals surface area contributed by atoms with Crippen molar-refractivity contribution in [3.8, 4) is 5.75 Å². The Morgan fingerprint density at radius 3 is 2.63 bits per heavy atom. The second-order valence-corrected chi connectivity index (χ2v) is 9.14. The van der Waals surface area contributed by atoms with Crippen LogP contribution in [0.15, 0.2) is 47.4 Å². The number of hydrogen-bond acceptors (Lipinski definition) is 5. The van der Waals surface area contributed by atoms with Gasteiger partial charge in [-0.25, -0.2) is 17.7 Å². The molecule has 0 saturated carbocycles. The molecular weight excluding hydrogens is 404 g/mol. The number of nitrogens with one attached hydrogen (secondary N) is 1. The molecule has 1 N–H and O–H groups in total. The van der Waals surface area contributed by atoms with Gasteiger partial charge < -0.3 is 14.6 Å². The second-order valence-electron chi connectivity index (χ2n) is 6.99. The highest BCUT2D eigenvalue weighted by molar-refractivity contribution is 7.89. The summed E-state index contributed by atoms with van der Waals surface area (Å²) in [6.45, 7) is 2.66. The van der Waals surface area contributed by atoms with Gasteiger partial charge in [-0.2, -0.15) is 0 Å². The summed E-state index contributed by atoms with van der Waals surface area (Å²) in [5.41, 5.74) is 2.11. The fourth-order valence-electron chi connectivity index (χ4n) is 3.22. The molecule has 1 heterocycles. The average molecular weight is 431 g/mol. The third kappa shape index (κ3) is 4.47. The number of anilines is 1. The van der Waals surface area contributed by atoms with E-state index in [4.69, 9.17) is 4.74 Å². The summed E-state index contributed by atoms with van der Waals surface area (Å²) in [4.78, 5) is 17.2. The number of hydrogen-bond donors (Lipinski definition) is 1. The zero-order valence-electron chi connectivity index (χ0n) is 17.5. The Hall–Kier alpha value is -2.91. The third-order valence-electron chi connectivity index (χ3n) is 4.82. The molecular formula is C21H26N4O4S. The number of imidazole rings is 1. The number of carbonyl (C=O) groups excluding carboxylic acids is 1. The van der Waals surface area contributed by atoms with Crippen molar-refractivity contribution in [1.29, 1.82) is 0 Å². The molecule has 0 radical (unpaired) electrons. The van der Waals surface area contributed by atoms with Gasteiger partial charge in [0, 0.05) is 45.2 Å². The minimum atomic E-state index is -3.54. The highest BCUT2D eigenvalue weighted by Crippen LogP contribution is 2.23. The molecule has 160 valence electrons. The topological polar surface area (TPSA) is 93.5 Å². The van der Waals surface area contributed by atoms with Gasteiger partial charge in [0.15, 0.2) is 0 Å². The van der Waals surface area contributed by atoms with Crippen molar-refractivity contribution in [1.82, 2.24) is 13.9 Å². The molecule has 9 heteroatoms. The number of amides is 1. The number of nitrogens with zero attached hydrogens (tertiary/aromatic N) is 3. The number of fused-ring (bicyclic) bond motifs is 1. The van der Waals surface area contributed by atoms with Gasteiger partial charge in [-0.15, -0.1) is 0 Å². The van der Waals surface area contributed by atoms with Crippen LogP contribution in [0.25, 0.3) is 11.0 Å². The molecule has 0 atom stereocenters. The van der Waals surface area contributed by atoms with Crippen LogP contribution in [0.5, 0.6) is 5.75 Å². The van der Waals surface area contributed by atoms with Gasteiger partial charge in [0.2, 0.25) is 15.9 Å². The normalized spacial score (nSPS) is 11.8. The largest absolute Gasteiger partial charge is 0.497 e. The van der Waals surface area contributed by atoms with Gasteiger partial charge in [0.1, 0.15) is 11.6 Å². The molecule has 1 aromatic heterocycles. The first kappa shape index (κ1) is 21.8. The molecule has 8 nitrogen and oxygen atoms in total. The van der Waals surface area contributed by atoms with E-state index in [1.54, 1.807) is 37.4 Å². The van der Waals surface area contributed by atoms with Crippen LogP contribution in [0.2, 0.25) is 0 Å². The molecule has 2 aromatic carbocycles. The van der Waals surface area contributed by atoms with Crippen LogP contribution in [-0.4, -0.2) is 49.4 Å². The molecule has 0 fully saturated rings. The van der Waals surface area contributed by atoms with E-state index in [1.807, 2.05) is 23.6 Å². The van der Waals surface area contributed by atoms with Crippen molar-refractivity contribution in [2.75, 3.05) is 26.5 Å². The lowest BCUT2D eigenvalue weighted by Crippen LogP contribution is -2.22. The lowest BCUT2D eigenvalue weighted by Gasteiger charge is -2.11. The van der Waals surface area contributed by atoms with Gasteiger partial charge in [-0.3, -0.25) is 4.79 Å². The minimum Gasteiger partial charge on any atom is -0.497 e. The molecule has 30 heavy (non-hydrogen) atoms. The summed E-state index contributed by atoms with van der Waals surface area (Å²) < 4.78 is 33.1. The van der Waals surface area contributed by atoms with Crippen LogP contribution in [0.4, 0.5) is 5.69 Å². The van der Waals surface area contributed by atoms with E-state index in [-0.39, 0.29) is 17.2 Å². The van der Waals surface area contributed by atoms with Crippen molar-refractivity contribution >= 4 is 32.7 Å². The van der Waals surface area contributed by atoms with Crippen LogP contribution >= 0.6 is 0 Å². The molecule has 0 aliphatic rings. The number of sulfonamides is 1. The number of rotatable bonds is 8. The molecule has 0 aliphatic heterocycles.